The van der Waals surface area contributed by atoms with Crippen LogP contribution in [0.25, 0.3) is 0 Å². The molecule has 1 heterocycles. The number of carbonyl (C=O) groups is 2. The van der Waals surface area contributed by atoms with E-state index >= 15 is 0 Å². The van der Waals surface area contributed by atoms with E-state index in [9.17, 15) is 14.0 Å². The average Bonchev–Trinajstić information content (AvgIpc) is 3.50. The van der Waals surface area contributed by atoms with Crippen molar-refractivity contribution in [3.05, 3.63) is 95.7 Å². The molecule has 0 spiro atoms. The molecule has 0 aliphatic heterocycles. The Morgan fingerprint density at radius 3 is 2.44 bits per heavy atom. The highest BCUT2D eigenvalue weighted by molar-refractivity contribution is 5.88. The van der Waals surface area contributed by atoms with Gasteiger partial charge in [0.25, 0.3) is 0 Å². The maximum Gasteiger partial charge on any atom is 0.242 e. The third-order valence-corrected chi connectivity index (χ3v) is 6.10. The molecule has 0 N–H and O–H groups in total. The highest BCUT2D eigenvalue weighted by atomic mass is 19.1. The monoisotopic (exact) mass is 464 g/mol. The molecule has 0 saturated heterocycles. The Morgan fingerprint density at radius 2 is 1.76 bits per heavy atom. The molecule has 0 bridgehead atoms. The van der Waals surface area contributed by atoms with Crippen molar-refractivity contribution in [1.29, 1.82) is 0 Å². The van der Waals surface area contributed by atoms with E-state index in [-0.39, 0.29) is 49.1 Å². The maximum atomic E-state index is 13.4. The molecule has 1 unspecified atom stereocenters. The first-order valence-corrected chi connectivity index (χ1v) is 11.4. The average molecular weight is 465 g/mol. The number of carbonyl (C=O) groups excluding carboxylic acids is 2. The largest absolute Gasteiger partial charge is 0.467 e. The predicted octanol–water partition coefficient (Wildman–Crippen LogP) is 4.23. The van der Waals surface area contributed by atoms with Crippen LogP contribution in [-0.4, -0.2) is 48.4 Å². The highest BCUT2D eigenvalue weighted by Crippen LogP contribution is 2.48. The second-order valence-electron chi connectivity index (χ2n) is 8.57. The van der Waals surface area contributed by atoms with Crippen molar-refractivity contribution in [1.82, 2.24) is 9.80 Å². The Morgan fingerprint density at radius 1 is 1.00 bits per heavy atom. The van der Waals surface area contributed by atoms with Gasteiger partial charge in [0, 0.05) is 26.1 Å². The molecule has 2 aromatic carbocycles. The van der Waals surface area contributed by atoms with Crippen LogP contribution in [-0.2, 0) is 27.4 Å². The summed E-state index contributed by atoms with van der Waals surface area (Å²) in [6.07, 6.45) is 2.34. The number of furan rings is 1. The fraction of sp³-hybridized carbons (Fsp3) is 0.333. The number of amides is 2. The summed E-state index contributed by atoms with van der Waals surface area (Å²) >= 11 is 0. The van der Waals surface area contributed by atoms with E-state index in [2.05, 4.69) is 0 Å². The third kappa shape index (κ3) is 6.11. The van der Waals surface area contributed by atoms with E-state index in [1.165, 1.54) is 12.1 Å². The molecule has 1 saturated carbocycles. The van der Waals surface area contributed by atoms with Crippen molar-refractivity contribution < 1.29 is 23.1 Å². The molecule has 34 heavy (non-hydrogen) atoms. The van der Waals surface area contributed by atoms with Crippen LogP contribution < -0.4 is 0 Å². The van der Waals surface area contributed by atoms with Crippen molar-refractivity contribution in [2.45, 2.75) is 25.4 Å². The first-order valence-electron chi connectivity index (χ1n) is 11.4. The van der Waals surface area contributed by atoms with E-state index in [0.717, 1.165) is 17.5 Å². The van der Waals surface area contributed by atoms with Crippen LogP contribution in [0, 0.1) is 11.7 Å². The normalized spacial score (nSPS) is 16.8. The molecule has 2 atom stereocenters. The molecule has 0 radical (unpaired) electrons. The second kappa shape index (κ2) is 11.1. The molecular formula is C27H29FN2O4. The molecule has 4 rings (SSSR count). The Bertz CT molecular complexity index is 1070. The molecule has 2 amide bonds. The smallest absolute Gasteiger partial charge is 0.242 e. The van der Waals surface area contributed by atoms with Gasteiger partial charge in [-0.15, -0.1) is 0 Å². The van der Waals surface area contributed by atoms with Crippen molar-refractivity contribution in [3.8, 4) is 0 Å². The van der Waals surface area contributed by atoms with Gasteiger partial charge in [-0.3, -0.25) is 9.59 Å². The quantitative estimate of drug-likeness (QED) is 0.426. The molecule has 1 aliphatic rings. The first-order chi connectivity index (χ1) is 16.5. The number of hydrogen-bond acceptors (Lipinski definition) is 4. The molecule has 178 valence electrons. The van der Waals surface area contributed by atoms with Gasteiger partial charge in [0.2, 0.25) is 11.8 Å². The molecule has 1 fully saturated rings. The summed E-state index contributed by atoms with van der Waals surface area (Å²) < 4.78 is 24.0. The zero-order valence-electron chi connectivity index (χ0n) is 19.2. The summed E-state index contributed by atoms with van der Waals surface area (Å²) in [7, 11) is 1.58. The zero-order valence-corrected chi connectivity index (χ0v) is 19.2. The number of benzene rings is 2. The molecule has 7 heteroatoms. The summed E-state index contributed by atoms with van der Waals surface area (Å²) in [5.41, 5.74) is 1.94. The van der Waals surface area contributed by atoms with Crippen LogP contribution >= 0.6 is 0 Å². The van der Waals surface area contributed by atoms with Gasteiger partial charge in [-0.25, -0.2) is 4.39 Å². The SMILES string of the molecule is COCCN(CC(=O)N(Cc1ccc(F)cc1)Cc1ccco1)C(=O)C1C[C@H]1c1ccccc1. The number of nitrogens with zero attached hydrogens (tertiary/aromatic N) is 2. The van der Waals surface area contributed by atoms with Gasteiger partial charge in [-0.05, 0) is 47.7 Å². The van der Waals surface area contributed by atoms with Crippen LogP contribution in [0.15, 0.2) is 77.4 Å². The zero-order chi connectivity index (χ0) is 23.9. The Kier molecular flexibility index (Phi) is 7.75. The minimum absolute atomic E-state index is 0.0287. The van der Waals surface area contributed by atoms with E-state index in [4.69, 9.17) is 9.15 Å². The topological polar surface area (TPSA) is 63.0 Å². The molecule has 1 aromatic heterocycles. The van der Waals surface area contributed by atoms with Gasteiger partial charge in [0.05, 0.1) is 26.0 Å². The lowest BCUT2D eigenvalue weighted by molar-refractivity contribution is -0.142. The minimum Gasteiger partial charge on any atom is -0.467 e. The number of halogens is 1. The van der Waals surface area contributed by atoms with Crippen LogP contribution in [0.3, 0.4) is 0 Å². The summed E-state index contributed by atoms with van der Waals surface area (Å²) in [5.74, 6) is 0.133. The van der Waals surface area contributed by atoms with Gasteiger partial charge in [0.15, 0.2) is 0 Å². The fourth-order valence-corrected chi connectivity index (χ4v) is 4.14. The van der Waals surface area contributed by atoms with Crippen LogP contribution in [0.2, 0.25) is 0 Å². The van der Waals surface area contributed by atoms with E-state index in [1.807, 2.05) is 30.3 Å². The summed E-state index contributed by atoms with van der Waals surface area (Å²) in [6, 6.07) is 19.6. The predicted molar refractivity (Wildman–Crippen MR) is 125 cm³/mol. The third-order valence-electron chi connectivity index (χ3n) is 6.10. The van der Waals surface area contributed by atoms with Crippen LogP contribution in [0.4, 0.5) is 4.39 Å². The van der Waals surface area contributed by atoms with Crippen molar-refractivity contribution >= 4 is 11.8 Å². The summed E-state index contributed by atoms with van der Waals surface area (Å²) in [5, 5.41) is 0. The first kappa shape index (κ1) is 23.7. The molecule has 1 aliphatic carbocycles. The number of rotatable bonds is 11. The van der Waals surface area contributed by atoms with Gasteiger partial charge < -0.3 is 19.0 Å². The maximum absolute atomic E-state index is 13.4. The second-order valence-corrected chi connectivity index (χ2v) is 8.57. The van der Waals surface area contributed by atoms with Gasteiger partial charge in [-0.1, -0.05) is 42.5 Å². The van der Waals surface area contributed by atoms with E-state index in [0.29, 0.717) is 18.9 Å². The minimum atomic E-state index is -0.332. The van der Waals surface area contributed by atoms with Gasteiger partial charge in [0.1, 0.15) is 11.6 Å². The van der Waals surface area contributed by atoms with Crippen molar-refractivity contribution in [2.75, 3.05) is 26.8 Å². The molecule has 3 aromatic rings. The molecule has 6 nitrogen and oxygen atoms in total. The van der Waals surface area contributed by atoms with Crippen molar-refractivity contribution in [2.24, 2.45) is 5.92 Å². The fourth-order valence-electron chi connectivity index (χ4n) is 4.14. The van der Waals surface area contributed by atoms with Gasteiger partial charge in [-0.2, -0.15) is 0 Å². The van der Waals surface area contributed by atoms with Crippen LogP contribution in [0.5, 0.6) is 0 Å². The highest BCUT2D eigenvalue weighted by Gasteiger charge is 2.46. The van der Waals surface area contributed by atoms with E-state index < -0.39 is 0 Å². The van der Waals surface area contributed by atoms with Gasteiger partial charge >= 0.3 is 0 Å². The van der Waals surface area contributed by atoms with Crippen molar-refractivity contribution in [3.63, 3.8) is 0 Å². The number of ether oxygens (including phenoxy) is 1. The standard InChI is InChI=1S/C27H29FN2O4/c1-33-15-13-29(27(32)25-16-24(25)21-6-3-2-4-7-21)19-26(31)30(18-23-8-5-14-34-23)17-20-9-11-22(28)12-10-20/h2-12,14,24-25H,13,15-19H2,1H3/t24-,25?/m0/s1. The lowest BCUT2D eigenvalue weighted by Gasteiger charge is -2.27. The Labute approximate surface area is 198 Å². The summed E-state index contributed by atoms with van der Waals surface area (Å²) in [6.45, 7) is 1.16. The lowest BCUT2D eigenvalue weighted by Crippen LogP contribution is -2.44. The Hall–Kier alpha value is -3.45. The number of methoxy groups -OCH3 is 1. The molecular weight excluding hydrogens is 435 g/mol. The summed E-state index contributed by atoms with van der Waals surface area (Å²) in [4.78, 5) is 29.9. The number of hydrogen-bond donors (Lipinski definition) is 0. The Balaban J connectivity index is 1.46. The van der Waals surface area contributed by atoms with Crippen LogP contribution in [0.1, 0.15) is 29.2 Å². The van der Waals surface area contributed by atoms with E-state index in [1.54, 1.807) is 47.4 Å². The lowest BCUT2D eigenvalue weighted by atomic mass is 10.1.